The summed E-state index contributed by atoms with van der Waals surface area (Å²) < 4.78 is 4.90. The van der Waals surface area contributed by atoms with Crippen LogP contribution in [0.5, 0.6) is 5.75 Å². The van der Waals surface area contributed by atoms with Crippen molar-refractivity contribution in [1.29, 1.82) is 0 Å². The molecule has 0 amide bonds. The molecule has 1 heterocycles. The van der Waals surface area contributed by atoms with Gasteiger partial charge in [-0.05, 0) is 6.07 Å². The molecule has 64 valence electrons. The number of methoxy groups -OCH3 is 1. The normalized spacial score (nSPS) is 9.42. The first-order chi connectivity index (χ1) is 5.66. The average molecular weight is 184 g/mol. The fraction of sp³-hybridized carbons (Fsp3) is 0.143. The molecule has 1 rings (SSSR count). The van der Waals surface area contributed by atoms with Gasteiger partial charge in [0, 0.05) is 6.20 Å². The Morgan fingerprint density at radius 2 is 2.42 bits per heavy atom. The molecule has 0 fully saturated rings. The van der Waals surface area contributed by atoms with Gasteiger partial charge >= 0.3 is 0 Å². The highest BCUT2D eigenvalue weighted by atomic mass is 32.1. The van der Waals surface area contributed by atoms with Crippen LogP contribution in [0.15, 0.2) is 17.1 Å². The summed E-state index contributed by atoms with van der Waals surface area (Å²) in [6.07, 6.45) is 1.48. The third-order valence-electron chi connectivity index (χ3n) is 1.39. The molecule has 4 nitrogen and oxygen atoms in total. The Hall–Kier alpha value is -1.36. The van der Waals surface area contributed by atoms with Crippen LogP contribution in [-0.4, -0.2) is 17.1 Å². The van der Waals surface area contributed by atoms with Crippen molar-refractivity contribution in [1.82, 2.24) is 4.98 Å². The van der Waals surface area contributed by atoms with Crippen molar-refractivity contribution in [3.8, 4) is 5.75 Å². The zero-order valence-electron chi connectivity index (χ0n) is 6.46. The van der Waals surface area contributed by atoms with Gasteiger partial charge in [0.1, 0.15) is 16.3 Å². The SMILES string of the molecule is COc1cc[nH]c(=O)c1C(N)=S. The Kier molecular flexibility index (Phi) is 2.44. The van der Waals surface area contributed by atoms with Crippen molar-refractivity contribution in [2.24, 2.45) is 5.73 Å². The molecule has 0 saturated heterocycles. The average Bonchev–Trinajstić information content (AvgIpc) is 2.03. The molecule has 12 heavy (non-hydrogen) atoms. The Morgan fingerprint density at radius 3 is 2.83 bits per heavy atom. The second kappa shape index (κ2) is 3.36. The predicted molar refractivity (Wildman–Crippen MR) is 49.5 cm³/mol. The van der Waals surface area contributed by atoms with Crippen LogP contribution in [0.4, 0.5) is 0 Å². The largest absolute Gasteiger partial charge is 0.496 e. The molecule has 0 radical (unpaired) electrons. The van der Waals surface area contributed by atoms with Gasteiger partial charge in [0.05, 0.1) is 7.11 Å². The zero-order chi connectivity index (χ0) is 9.14. The van der Waals surface area contributed by atoms with Crippen molar-refractivity contribution in [3.63, 3.8) is 0 Å². The third-order valence-corrected chi connectivity index (χ3v) is 1.59. The van der Waals surface area contributed by atoms with E-state index >= 15 is 0 Å². The molecule has 0 spiro atoms. The molecule has 0 atom stereocenters. The van der Waals surface area contributed by atoms with Gasteiger partial charge in [0.15, 0.2) is 0 Å². The molecule has 0 aromatic carbocycles. The van der Waals surface area contributed by atoms with E-state index in [1.54, 1.807) is 6.07 Å². The minimum Gasteiger partial charge on any atom is -0.496 e. The smallest absolute Gasteiger partial charge is 0.261 e. The second-order valence-electron chi connectivity index (χ2n) is 2.11. The summed E-state index contributed by atoms with van der Waals surface area (Å²) in [6.45, 7) is 0. The lowest BCUT2D eigenvalue weighted by Crippen LogP contribution is -2.23. The molecule has 1 aromatic heterocycles. The van der Waals surface area contributed by atoms with Crippen molar-refractivity contribution < 1.29 is 4.74 Å². The lowest BCUT2D eigenvalue weighted by molar-refractivity contribution is 0.413. The van der Waals surface area contributed by atoms with E-state index in [1.165, 1.54) is 13.3 Å². The molecule has 0 bridgehead atoms. The van der Waals surface area contributed by atoms with Crippen LogP contribution in [-0.2, 0) is 0 Å². The van der Waals surface area contributed by atoms with Gasteiger partial charge < -0.3 is 15.5 Å². The monoisotopic (exact) mass is 184 g/mol. The van der Waals surface area contributed by atoms with Crippen molar-refractivity contribution in [2.45, 2.75) is 0 Å². The quantitative estimate of drug-likeness (QED) is 0.636. The molecule has 3 N–H and O–H groups in total. The first kappa shape index (κ1) is 8.73. The number of H-pyrrole nitrogens is 1. The number of hydrogen-bond acceptors (Lipinski definition) is 3. The van der Waals surface area contributed by atoms with E-state index in [1.807, 2.05) is 0 Å². The van der Waals surface area contributed by atoms with Crippen LogP contribution in [0, 0.1) is 0 Å². The molecule has 1 aromatic rings. The maximum absolute atomic E-state index is 11.1. The predicted octanol–water partition coefficient (Wildman–Crippen LogP) is 0.0177. The number of ether oxygens (including phenoxy) is 1. The summed E-state index contributed by atoms with van der Waals surface area (Å²) in [5.41, 5.74) is 5.21. The van der Waals surface area contributed by atoms with Crippen LogP contribution in [0.2, 0.25) is 0 Å². The highest BCUT2D eigenvalue weighted by Crippen LogP contribution is 2.11. The van der Waals surface area contributed by atoms with Crippen LogP contribution >= 0.6 is 12.2 Å². The highest BCUT2D eigenvalue weighted by Gasteiger charge is 2.08. The number of hydrogen-bond donors (Lipinski definition) is 2. The van der Waals surface area contributed by atoms with Gasteiger partial charge in [-0.1, -0.05) is 12.2 Å². The van der Waals surface area contributed by atoms with Gasteiger partial charge in [0.2, 0.25) is 0 Å². The van der Waals surface area contributed by atoms with Crippen LogP contribution in [0.1, 0.15) is 5.56 Å². The van der Waals surface area contributed by atoms with Crippen molar-refractivity contribution in [3.05, 3.63) is 28.2 Å². The van der Waals surface area contributed by atoms with Gasteiger partial charge in [-0.15, -0.1) is 0 Å². The van der Waals surface area contributed by atoms with E-state index in [4.69, 9.17) is 10.5 Å². The maximum Gasteiger partial charge on any atom is 0.261 e. The van der Waals surface area contributed by atoms with Gasteiger partial charge in [0.25, 0.3) is 5.56 Å². The lowest BCUT2D eigenvalue weighted by atomic mass is 10.2. The van der Waals surface area contributed by atoms with E-state index in [9.17, 15) is 4.79 Å². The van der Waals surface area contributed by atoms with E-state index in [0.717, 1.165) is 0 Å². The van der Waals surface area contributed by atoms with Gasteiger partial charge in [-0.2, -0.15) is 0 Å². The molecular weight excluding hydrogens is 176 g/mol. The number of aromatic amines is 1. The Labute approximate surface area is 74.4 Å². The summed E-state index contributed by atoms with van der Waals surface area (Å²) in [4.78, 5) is 13.6. The van der Waals surface area contributed by atoms with E-state index < -0.39 is 0 Å². The Morgan fingerprint density at radius 1 is 1.75 bits per heavy atom. The molecule has 0 aliphatic carbocycles. The number of rotatable bonds is 2. The number of pyridine rings is 1. The summed E-state index contributed by atoms with van der Waals surface area (Å²) in [5, 5.41) is 0. The number of nitrogens with two attached hydrogens (primary N) is 1. The molecule has 0 aliphatic rings. The third kappa shape index (κ3) is 1.45. The molecule has 0 aliphatic heterocycles. The van der Waals surface area contributed by atoms with Crippen LogP contribution in [0.25, 0.3) is 0 Å². The zero-order valence-corrected chi connectivity index (χ0v) is 7.27. The minimum absolute atomic E-state index is 0.0358. The Balaban J connectivity index is 3.40. The van der Waals surface area contributed by atoms with Gasteiger partial charge in [-0.25, -0.2) is 0 Å². The van der Waals surface area contributed by atoms with E-state index in [-0.39, 0.29) is 16.1 Å². The topological polar surface area (TPSA) is 68.1 Å². The first-order valence-electron chi connectivity index (χ1n) is 3.22. The number of aromatic nitrogens is 1. The summed E-state index contributed by atoms with van der Waals surface area (Å²) in [6, 6.07) is 1.59. The molecular formula is C7H8N2O2S. The Bertz CT molecular complexity index is 359. The minimum atomic E-state index is -0.332. The number of nitrogens with one attached hydrogen (secondary N) is 1. The molecule has 0 unspecified atom stereocenters. The second-order valence-corrected chi connectivity index (χ2v) is 2.55. The molecule has 5 heteroatoms. The van der Waals surface area contributed by atoms with Crippen molar-refractivity contribution in [2.75, 3.05) is 7.11 Å². The maximum atomic E-state index is 11.1. The fourth-order valence-corrected chi connectivity index (χ4v) is 1.06. The first-order valence-corrected chi connectivity index (χ1v) is 3.63. The summed E-state index contributed by atoms with van der Waals surface area (Å²) in [7, 11) is 1.45. The van der Waals surface area contributed by atoms with E-state index in [2.05, 4.69) is 17.2 Å². The highest BCUT2D eigenvalue weighted by molar-refractivity contribution is 7.80. The summed E-state index contributed by atoms with van der Waals surface area (Å²) >= 11 is 4.68. The number of thiocarbonyl (C=S) groups is 1. The van der Waals surface area contributed by atoms with Crippen LogP contribution in [0.3, 0.4) is 0 Å². The fourth-order valence-electron chi connectivity index (χ4n) is 0.864. The molecule has 0 saturated carbocycles. The van der Waals surface area contributed by atoms with Crippen LogP contribution < -0.4 is 16.0 Å². The standard InChI is InChI=1S/C7H8N2O2S/c1-11-4-2-3-9-7(10)5(4)6(8)12/h2-3H,1H3,(H2,8,12)(H,9,10). The van der Waals surface area contributed by atoms with Gasteiger partial charge in [-0.3, -0.25) is 4.79 Å². The van der Waals surface area contributed by atoms with Crippen molar-refractivity contribution >= 4 is 17.2 Å². The lowest BCUT2D eigenvalue weighted by Gasteiger charge is -2.03. The summed E-state index contributed by atoms with van der Waals surface area (Å²) in [5.74, 6) is 0.395. The van der Waals surface area contributed by atoms with E-state index in [0.29, 0.717) is 5.75 Å².